The van der Waals surface area contributed by atoms with Gasteiger partial charge in [-0.25, -0.2) is 17.8 Å². The fraction of sp³-hybridized carbons (Fsp3) is 0.190. The van der Waals surface area contributed by atoms with Crippen LogP contribution in [0, 0.1) is 5.82 Å². The highest BCUT2D eigenvalue weighted by atomic mass is 32.2. The quantitative estimate of drug-likeness (QED) is 0.549. The lowest BCUT2D eigenvalue weighted by molar-refractivity contribution is 0.0730. The second kappa shape index (κ2) is 9.75. The van der Waals surface area contributed by atoms with Gasteiger partial charge in [-0.05, 0) is 42.5 Å². The average molecular weight is 491 g/mol. The Morgan fingerprint density at radius 1 is 1.03 bits per heavy atom. The van der Waals surface area contributed by atoms with E-state index in [0.717, 1.165) is 18.2 Å². The van der Waals surface area contributed by atoms with Gasteiger partial charge >= 0.3 is 0 Å². The van der Waals surface area contributed by atoms with E-state index in [9.17, 15) is 22.4 Å². The zero-order valence-corrected chi connectivity index (χ0v) is 18.8. The second-order valence-corrected chi connectivity index (χ2v) is 9.81. The van der Waals surface area contributed by atoms with Crippen molar-refractivity contribution in [2.45, 2.75) is 4.90 Å². The van der Waals surface area contributed by atoms with Crippen LogP contribution in [0.4, 0.5) is 15.2 Å². The molecule has 0 bridgehead atoms. The number of aromatic nitrogens is 1. The number of ether oxygens (including phenoxy) is 1. The van der Waals surface area contributed by atoms with Crippen molar-refractivity contribution in [1.82, 2.24) is 9.29 Å². The Morgan fingerprint density at radius 3 is 2.42 bits per heavy atom. The number of amides is 2. The molecule has 4 rings (SSSR count). The molecule has 9 nitrogen and oxygen atoms in total. The van der Waals surface area contributed by atoms with Gasteiger partial charge in [0.25, 0.3) is 11.8 Å². The Morgan fingerprint density at radius 2 is 1.76 bits per heavy atom. The molecule has 1 aromatic heterocycles. The van der Waals surface area contributed by atoms with Crippen molar-refractivity contribution in [1.29, 1.82) is 0 Å². The van der Waals surface area contributed by atoms with Crippen molar-refractivity contribution in [2.24, 2.45) is 0 Å². The van der Waals surface area contributed by atoms with Gasteiger partial charge in [0.15, 0.2) is 5.13 Å². The zero-order chi connectivity index (χ0) is 23.4. The Bertz CT molecular complexity index is 1260. The molecular formula is C21H19FN4O5S2. The predicted molar refractivity (Wildman–Crippen MR) is 120 cm³/mol. The summed E-state index contributed by atoms with van der Waals surface area (Å²) in [4.78, 5) is 28.7. The molecule has 0 radical (unpaired) electrons. The van der Waals surface area contributed by atoms with Crippen LogP contribution >= 0.6 is 11.3 Å². The number of nitrogens with zero attached hydrogens (tertiary/aromatic N) is 2. The van der Waals surface area contributed by atoms with Gasteiger partial charge in [0.2, 0.25) is 10.0 Å². The number of carbonyl (C=O) groups is 2. The number of hydrogen-bond donors (Lipinski definition) is 2. The Hall–Kier alpha value is -3.19. The van der Waals surface area contributed by atoms with Crippen LogP contribution in [-0.4, -0.2) is 55.8 Å². The van der Waals surface area contributed by atoms with Crippen LogP contribution in [0.15, 0.2) is 58.9 Å². The minimum atomic E-state index is -3.89. The molecule has 172 valence electrons. The summed E-state index contributed by atoms with van der Waals surface area (Å²) in [6.45, 7) is 0.907. The van der Waals surface area contributed by atoms with Crippen molar-refractivity contribution in [3.05, 3.63) is 71.0 Å². The van der Waals surface area contributed by atoms with Crippen LogP contribution < -0.4 is 10.6 Å². The van der Waals surface area contributed by atoms with E-state index in [-0.39, 0.29) is 37.1 Å². The number of rotatable bonds is 6. The van der Waals surface area contributed by atoms with Gasteiger partial charge in [0.1, 0.15) is 5.82 Å². The number of morpholine rings is 1. The number of carbonyl (C=O) groups excluding carboxylic acids is 2. The first-order chi connectivity index (χ1) is 15.8. The maximum atomic E-state index is 14.4. The lowest BCUT2D eigenvalue weighted by Gasteiger charge is -2.26. The highest BCUT2D eigenvalue weighted by Crippen LogP contribution is 2.22. The summed E-state index contributed by atoms with van der Waals surface area (Å²) in [7, 11) is -3.89. The maximum absolute atomic E-state index is 14.4. The van der Waals surface area contributed by atoms with E-state index in [2.05, 4.69) is 15.6 Å². The molecule has 2 N–H and O–H groups in total. The molecule has 0 unspecified atom stereocenters. The van der Waals surface area contributed by atoms with E-state index in [1.165, 1.54) is 39.9 Å². The molecule has 0 spiro atoms. The van der Waals surface area contributed by atoms with E-state index in [0.29, 0.717) is 16.4 Å². The van der Waals surface area contributed by atoms with E-state index in [1.54, 1.807) is 11.6 Å². The third-order valence-electron chi connectivity index (χ3n) is 4.85. The molecule has 2 aromatic carbocycles. The molecule has 3 aromatic rings. The smallest absolute Gasteiger partial charge is 0.258 e. The molecule has 0 saturated carbocycles. The minimum Gasteiger partial charge on any atom is -0.379 e. The van der Waals surface area contributed by atoms with Gasteiger partial charge in [-0.2, -0.15) is 4.31 Å². The molecule has 0 aliphatic carbocycles. The van der Waals surface area contributed by atoms with Gasteiger partial charge in [0.05, 0.1) is 23.7 Å². The zero-order valence-electron chi connectivity index (χ0n) is 17.2. The van der Waals surface area contributed by atoms with Gasteiger partial charge in [-0.15, -0.1) is 11.3 Å². The molecule has 1 fully saturated rings. The van der Waals surface area contributed by atoms with Crippen LogP contribution in [0.3, 0.4) is 0 Å². The van der Waals surface area contributed by atoms with Crippen LogP contribution in [0.1, 0.15) is 20.7 Å². The minimum absolute atomic E-state index is 0.176. The van der Waals surface area contributed by atoms with Crippen LogP contribution in [0.2, 0.25) is 0 Å². The number of sulfonamides is 1. The lowest BCUT2D eigenvalue weighted by Crippen LogP contribution is -2.40. The number of benzene rings is 2. The molecule has 1 aliphatic heterocycles. The van der Waals surface area contributed by atoms with Crippen molar-refractivity contribution in [2.75, 3.05) is 36.9 Å². The fourth-order valence-electron chi connectivity index (χ4n) is 3.13. The largest absolute Gasteiger partial charge is 0.379 e. The van der Waals surface area contributed by atoms with Crippen molar-refractivity contribution >= 4 is 44.0 Å². The highest BCUT2D eigenvalue weighted by Gasteiger charge is 2.28. The van der Waals surface area contributed by atoms with Crippen molar-refractivity contribution in [3.8, 4) is 0 Å². The number of anilines is 2. The molecular weight excluding hydrogens is 471 g/mol. The monoisotopic (exact) mass is 490 g/mol. The first-order valence-electron chi connectivity index (χ1n) is 9.84. The lowest BCUT2D eigenvalue weighted by atomic mass is 10.1. The standard InChI is InChI=1S/C21H19FN4O5S2/c22-18-6-5-16(33(29,30)26-8-10-31-11-9-26)13-17(18)20(28)24-15-3-1-14(2-4-15)19(27)25-21-23-7-12-32-21/h1-7,12-13H,8-11H2,(H,24,28)(H,23,25,27). The number of hydrogen-bond acceptors (Lipinski definition) is 7. The number of halogens is 1. The second-order valence-electron chi connectivity index (χ2n) is 6.98. The Labute approximate surface area is 193 Å². The van der Waals surface area contributed by atoms with Gasteiger partial charge in [0, 0.05) is 35.9 Å². The summed E-state index contributed by atoms with van der Waals surface area (Å²) in [6, 6.07) is 9.07. The summed E-state index contributed by atoms with van der Waals surface area (Å²) < 4.78 is 46.4. The molecule has 2 heterocycles. The molecule has 1 saturated heterocycles. The summed E-state index contributed by atoms with van der Waals surface area (Å²) in [5.41, 5.74) is 0.245. The number of nitrogens with one attached hydrogen (secondary N) is 2. The third kappa shape index (κ3) is 5.25. The fourth-order valence-corrected chi connectivity index (χ4v) is 5.09. The maximum Gasteiger partial charge on any atom is 0.258 e. The van der Waals surface area contributed by atoms with Crippen molar-refractivity contribution in [3.63, 3.8) is 0 Å². The van der Waals surface area contributed by atoms with E-state index >= 15 is 0 Å². The van der Waals surface area contributed by atoms with E-state index < -0.39 is 27.3 Å². The van der Waals surface area contributed by atoms with Gasteiger partial charge < -0.3 is 10.1 Å². The van der Waals surface area contributed by atoms with Crippen LogP contribution in [-0.2, 0) is 14.8 Å². The molecule has 0 atom stereocenters. The number of thiazole rings is 1. The van der Waals surface area contributed by atoms with E-state index in [4.69, 9.17) is 4.74 Å². The third-order valence-corrected chi connectivity index (χ3v) is 7.43. The normalized spacial score (nSPS) is 14.6. The Balaban J connectivity index is 1.48. The van der Waals surface area contributed by atoms with Crippen LogP contribution in [0.5, 0.6) is 0 Å². The van der Waals surface area contributed by atoms with Gasteiger partial charge in [-0.1, -0.05) is 0 Å². The molecule has 12 heteroatoms. The summed E-state index contributed by atoms with van der Waals surface area (Å²) >= 11 is 1.28. The first kappa shape index (κ1) is 23.0. The van der Waals surface area contributed by atoms with E-state index in [1.807, 2.05) is 0 Å². The van der Waals surface area contributed by atoms with Crippen molar-refractivity contribution < 1.29 is 27.1 Å². The highest BCUT2D eigenvalue weighted by molar-refractivity contribution is 7.89. The average Bonchev–Trinajstić information content (AvgIpc) is 3.33. The topological polar surface area (TPSA) is 118 Å². The van der Waals surface area contributed by atoms with Gasteiger partial charge in [-0.3, -0.25) is 14.9 Å². The predicted octanol–water partition coefficient (Wildman–Crippen LogP) is 2.81. The molecule has 1 aliphatic rings. The Kier molecular flexibility index (Phi) is 6.79. The first-order valence-corrected chi connectivity index (χ1v) is 12.2. The molecule has 33 heavy (non-hydrogen) atoms. The summed E-state index contributed by atoms with van der Waals surface area (Å²) in [5, 5.41) is 7.35. The molecule has 2 amide bonds. The SMILES string of the molecule is O=C(Nc1nccs1)c1ccc(NC(=O)c2cc(S(=O)(=O)N3CCOCC3)ccc2F)cc1. The summed E-state index contributed by atoms with van der Waals surface area (Å²) in [6.07, 6.45) is 1.57. The summed E-state index contributed by atoms with van der Waals surface area (Å²) in [5.74, 6) is -2.03. The van der Waals surface area contributed by atoms with Crippen LogP contribution in [0.25, 0.3) is 0 Å².